The van der Waals surface area contributed by atoms with Gasteiger partial charge in [-0.2, -0.15) is 0 Å². The second-order valence-electron chi connectivity index (χ2n) is 6.16. The number of fused-ring (bicyclic) bond motifs is 1. The Balaban J connectivity index is 2.33. The van der Waals surface area contributed by atoms with E-state index in [2.05, 4.69) is 19.1 Å². The van der Waals surface area contributed by atoms with Crippen LogP contribution in [-0.4, -0.2) is 38.0 Å². The fourth-order valence-corrected chi connectivity index (χ4v) is 3.32. The summed E-state index contributed by atoms with van der Waals surface area (Å²) in [4.78, 5) is 12.1. The Hall–Kier alpha value is -0.870. The van der Waals surface area contributed by atoms with Crippen molar-refractivity contribution in [3.63, 3.8) is 0 Å². The van der Waals surface area contributed by atoms with Crippen LogP contribution in [-0.2, 0) is 19.0 Å². The molecule has 5 atom stereocenters. The van der Waals surface area contributed by atoms with Gasteiger partial charge >= 0.3 is 5.97 Å². The Bertz CT molecular complexity index is 374. The number of esters is 1. The van der Waals surface area contributed by atoms with Crippen LogP contribution in [0.2, 0.25) is 0 Å². The average Bonchev–Trinajstić information content (AvgIpc) is 2.35. The van der Waals surface area contributed by atoms with E-state index in [1.165, 1.54) is 7.11 Å². The first kappa shape index (κ1) is 14.5. The molecule has 0 radical (unpaired) electrons. The van der Waals surface area contributed by atoms with Gasteiger partial charge in [-0.15, -0.1) is 0 Å². The van der Waals surface area contributed by atoms with Crippen LogP contribution < -0.4 is 0 Å². The molecule has 0 bridgehead atoms. The third kappa shape index (κ3) is 2.70. The summed E-state index contributed by atoms with van der Waals surface area (Å²) in [7, 11) is 3.16. The average molecular weight is 268 g/mol. The summed E-state index contributed by atoms with van der Waals surface area (Å²) in [5.41, 5.74) is -0.344. The van der Waals surface area contributed by atoms with Crippen molar-refractivity contribution in [1.29, 1.82) is 0 Å². The second-order valence-corrected chi connectivity index (χ2v) is 6.16. The normalized spacial score (nSPS) is 40.6. The van der Waals surface area contributed by atoms with Gasteiger partial charge in [0.05, 0.1) is 30.8 Å². The maximum absolute atomic E-state index is 12.1. The molecule has 0 spiro atoms. The largest absolute Gasteiger partial charge is 0.469 e. The highest BCUT2D eigenvalue weighted by Crippen LogP contribution is 2.43. The Kier molecular flexibility index (Phi) is 4.02. The molecule has 0 aromatic heterocycles. The van der Waals surface area contributed by atoms with Crippen LogP contribution in [0.1, 0.15) is 27.2 Å². The van der Waals surface area contributed by atoms with Gasteiger partial charge in [0.25, 0.3) is 0 Å². The molecule has 19 heavy (non-hydrogen) atoms. The van der Waals surface area contributed by atoms with Crippen LogP contribution in [0.15, 0.2) is 12.2 Å². The van der Waals surface area contributed by atoms with Crippen LogP contribution >= 0.6 is 0 Å². The zero-order valence-electron chi connectivity index (χ0n) is 12.4. The van der Waals surface area contributed by atoms with Gasteiger partial charge in [0.1, 0.15) is 0 Å². The first-order valence-electron chi connectivity index (χ1n) is 6.87. The minimum Gasteiger partial charge on any atom is -0.469 e. The third-order valence-electron chi connectivity index (χ3n) is 4.32. The van der Waals surface area contributed by atoms with Crippen LogP contribution in [0.3, 0.4) is 0 Å². The SMILES string of the molecule is COC(=O)C1C(C)CC(OC)C2C=CC(C)(C)OC21. The van der Waals surface area contributed by atoms with E-state index in [0.29, 0.717) is 0 Å². The number of hydrogen-bond acceptors (Lipinski definition) is 4. The van der Waals surface area contributed by atoms with Crippen LogP contribution in [0.4, 0.5) is 0 Å². The maximum Gasteiger partial charge on any atom is 0.311 e. The molecular weight excluding hydrogens is 244 g/mol. The molecule has 0 N–H and O–H groups in total. The minimum atomic E-state index is -0.344. The fourth-order valence-electron chi connectivity index (χ4n) is 3.32. The molecule has 1 aliphatic heterocycles. The van der Waals surface area contributed by atoms with Crippen LogP contribution in [0, 0.1) is 17.8 Å². The summed E-state index contributed by atoms with van der Waals surface area (Å²) in [6, 6.07) is 0. The van der Waals surface area contributed by atoms with Crippen molar-refractivity contribution >= 4 is 5.97 Å². The van der Waals surface area contributed by atoms with Gasteiger partial charge < -0.3 is 14.2 Å². The molecule has 5 unspecified atom stereocenters. The maximum atomic E-state index is 12.1. The highest BCUT2D eigenvalue weighted by Gasteiger charge is 2.50. The minimum absolute atomic E-state index is 0.105. The highest BCUT2D eigenvalue weighted by molar-refractivity contribution is 5.73. The van der Waals surface area contributed by atoms with E-state index in [4.69, 9.17) is 14.2 Å². The molecule has 1 fully saturated rings. The quantitative estimate of drug-likeness (QED) is 0.569. The molecule has 0 aromatic carbocycles. The van der Waals surface area contributed by atoms with Crippen molar-refractivity contribution in [1.82, 2.24) is 0 Å². The summed E-state index contributed by atoms with van der Waals surface area (Å²) >= 11 is 0. The lowest BCUT2D eigenvalue weighted by atomic mass is 9.69. The molecule has 108 valence electrons. The molecule has 2 aliphatic rings. The van der Waals surface area contributed by atoms with E-state index in [9.17, 15) is 4.79 Å². The van der Waals surface area contributed by atoms with Gasteiger partial charge in [-0.3, -0.25) is 4.79 Å². The standard InChI is InChI=1S/C15H24O4/c1-9-8-11(17-4)10-6-7-15(2,3)19-13(10)12(9)14(16)18-5/h6-7,9-13H,8H2,1-5H3. The summed E-state index contributed by atoms with van der Waals surface area (Å²) in [5, 5.41) is 0. The summed E-state index contributed by atoms with van der Waals surface area (Å²) in [6.07, 6.45) is 5.00. The molecule has 1 heterocycles. The van der Waals surface area contributed by atoms with E-state index in [1.807, 2.05) is 13.8 Å². The highest BCUT2D eigenvalue weighted by atomic mass is 16.5. The zero-order chi connectivity index (χ0) is 14.2. The van der Waals surface area contributed by atoms with E-state index < -0.39 is 0 Å². The first-order valence-corrected chi connectivity index (χ1v) is 6.87. The Morgan fingerprint density at radius 2 is 2.05 bits per heavy atom. The monoisotopic (exact) mass is 268 g/mol. The summed E-state index contributed by atoms with van der Waals surface area (Å²) in [6.45, 7) is 6.09. The van der Waals surface area contributed by atoms with E-state index in [1.54, 1.807) is 7.11 Å². The molecular formula is C15H24O4. The van der Waals surface area contributed by atoms with Gasteiger partial charge in [0.15, 0.2) is 0 Å². The lowest BCUT2D eigenvalue weighted by molar-refractivity contribution is -0.183. The predicted octanol–water partition coefficient (Wildman–Crippen LogP) is 2.18. The number of carbonyl (C=O) groups is 1. The third-order valence-corrected chi connectivity index (χ3v) is 4.32. The van der Waals surface area contributed by atoms with Crippen LogP contribution in [0.5, 0.6) is 0 Å². The molecule has 0 amide bonds. The predicted molar refractivity (Wildman–Crippen MR) is 71.7 cm³/mol. The van der Waals surface area contributed by atoms with E-state index in [0.717, 1.165) is 6.42 Å². The van der Waals surface area contributed by atoms with Gasteiger partial charge in [-0.25, -0.2) is 0 Å². The first-order chi connectivity index (χ1) is 8.89. The van der Waals surface area contributed by atoms with Gasteiger partial charge in [0, 0.05) is 13.0 Å². The second kappa shape index (κ2) is 5.25. The van der Waals surface area contributed by atoms with Crippen molar-refractivity contribution in [2.75, 3.05) is 14.2 Å². The number of hydrogen-bond donors (Lipinski definition) is 0. The molecule has 0 aromatic rings. The van der Waals surface area contributed by atoms with Crippen LogP contribution in [0.25, 0.3) is 0 Å². The molecule has 1 saturated carbocycles. The van der Waals surface area contributed by atoms with Crippen molar-refractivity contribution in [2.24, 2.45) is 17.8 Å². The van der Waals surface area contributed by atoms with Gasteiger partial charge in [0.2, 0.25) is 0 Å². The Morgan fingerprint density at radius 3 is 2.63 bits per heavy atom. The lowest BCUT2D eigenvalue weighted by Crippen LogP contribution is -2.54. The Morgan fingerprint density at radius 1 is 1.37 bits per heavy atom. The van der Waals surface area contributed by atoms with Crippen molar-refractivity contribution in [3.8, 4) is 0 Å². The number of rotatable bonds is 2. The smallest absolute Gasteiger partial charge is 0.311 e. The van der Waals surface area contributed by atoms with E-state index in [-0.39, 0.29) is 41.5 Å². The lowest BCUT2D eigenvalue weighted by Gasteiger charge is -2.48. The topological polar surface area (TPSA) is 44.8 Å². The molecule has 0 saturated heterocycles. The molecule has 4 heteroatoms. The van der Waals surface area contributed by atoms with Crippen molar-refractivity contribution < 1.29 is 19.0 Å². The number of methoxy groups -OCH3 is 2. The fraction of sp³-hybridized carbons (Fsp3) is 0.800. The molecule has 4 nitrogen and oxygen atoms in total. The van der Waals surface area contributed by atoms with E-state index >= 15 is 0 Å². The van der Waals surface area contributed by atoms with Crippen molar-refractivity contribution in [2.45, 2.75) is 45.0 Å². The number of carbonyl (C=O) groups excluding carboxylic acids is 1. The summed E-state index contributed by atoms with van der Waals surface area (Å²) in [5.74, 6) is -0.0759. The van der Waals surface area contributed by atoms with Gasteiger partial charge in [-0.05, 0) is 26.2 Å². The number of ether oxygens (including phenoxy) is 3. The Labute approximate surface area is 115 Å². The van der Waals surface area contributed by atoms with Gasteiger partial charge in [-0.1, -0.05) is 19.1 Å². The zero-order valence-corrected chi connectivity index (χ0v) is 12.4. The molecule has 2 rings (SSSR count). The summed E-state index contributed by atoms with van der Waals surface area (Å²) < 4.78 is 16.7. The molecule has 1 aliphatic carbocycles. The van der Waals surface area contributed by atoms with Crippen molar-refractivity contribution in [3.05, 3.63) is 12.2 Å².